The Hall–Kier alpha value is -2.30. The molecule has 0 spiro atoms. The van der Waals surface area contributed by atoms with E-state index in [1.165, 1.54) is 0 Å². The van der Waals surface area contributed by atoms with Crippen LogP contribution >= 0.6 is 0 Å². The Morgan fingerprint density at radius 1 is 0.433 bits per heavy atom. The van der Waals surface area contributed by atoms with E-state index in [1.807, 2.05) is 4.94 Å². The Balaban J connectivity index is -0.00000107. The van der Waals surface area contributed by atoms with Gasteiger partial charge in [0.05, 0.1) is 6.61 Å². The molecule has 0 N–H and O–H groups in total. The molecule has 0 aliphatic carbocycles. The molecule has 97 heavy (non-hydrogen) atoms. The summed E-state index contributed by atoms with van der Waals surface area (Å²) in [5, 5.41) is -9.42. The van der Waals surface area contributed by atoms with Crippen molar-refractivity contribution in [3.8, 4) is 0 Å². The zero-order valence-electron chi connectivity index (χ0n) is 46.0. The molecule has 4 aliphatic rings. The highest BCUT2D eigenvalue weighted by Gasteiger charge is 2.67. The largest absolute Gasteiger partial charge is 0.531 e. The van der Waals surface area contributed by atoms with Crippen LogP contribution in [0.2, 0.25) is 0 Å². The van der Waals surface area contributed by atoms with Crippen LogP contribution in [0.15, 0.2) is 0 Å². The molecule has 4 rings (SSSR count). The number of ether oxygens (including phenoxy) is 4. The molecule has 0 aromatic rings. The lowest BCUT2D eigenvalue weighted by atomic mass is 10.6. The molecule has 0 unspecified atom stereocenters. The van der Waals surface area contributed by atoms with Crippen molar-refractivity contribution in [2.75, 3.05) is 118 Å². The minimum absolute atomic E-state index is 0.314. The third kappa shape index (κ3) is 47.6. The van der Waals surface area contributed by atoms with Gasteiger partial charge in [-0.3, -0.25) is 8.37 Å². The summed E-state index contributed by atoms with van der Waals surface area (Å²) in [5.41, 5.74) is 0. The van der Waals surface area contributed by atoms with Crippen molar-refractivity contribution in [1.82, 2.24) is 0 Å². The lowest BCUT2D eigenvalue weighted by molar-refractivity contribution is -0.435. The van der Waals surface area contributed by atoms with Crippen molar-refractivity contribution in [3.05, 3.63) is 0 Å². The molecule has 4 fully saturated rings. The molecule has 4 aliphatic heterocycles. The summed E-state index contributed by atoms with van der Waals surface area (Å²) in [5.74, 6) is -0.699. The van der Waals surface area contributed by atoms with Crippen molar-refractivity contribution < 1.29 is 254 Å². The number of sulfone groups is 1. The summed E-state index contributed by atoms with van der Waals surface area (Å²) in [7, 11) is -62.6. The maximum absolute atomic E-state index is 12.3. The van der Waals surface area contributed by atoms with Crippen LogP contribution < -0.4 is 0 Å². The van der Waals surface area contributed by atoms with Gasteiger partial charge in [0.25, 0.3) is 132 Å². The zero-order valence-corrected chi connectivity index (χ0v) is 57.4. The van der Waals surface area contributed by atoms with Crippen molar-refractivity contribution in [3.63, 3.8) is 0 Å². The monoisotopic (exact) mass is 1760 g/mol. The predicted octanol–water partition coefficient (Wildman–Crippen LogP) is -5.02. The molecule has 0 radical (unpaired) electrons. The van der Waals surface area contributed by atoms with Gasteiger partial charge in [-0.2, -0.15) is 144 Å². The summed E-state index contributed by atoms with van der Waals surface area (Å²) in [6.45, 7) is -10.9. The quantitative estimate of drug-likeness (QED) is 0.0357. The van der Waals surface area contributed by atoms with Crippen LogP contribution in [0.25, 0.3) is 0 Å². The van der Waals surface area contributed by atoms with Crippen molar-refractivity contribution in [2.24, 2.45) is 0 Å². The first-order valence-electron chi connectivity index (χ1n) is 21.2. The second-order valence-corrected chi connectivity index (χ2v) is 40.9. The van der Waals surface area contributed by atoms with E-state index in [2.05, 4.69) is 78.3 Å². The molecule has 4 saturated heterocycles. The van der Waals surface area contributed by atoms with E-state index >= 15 is 0 Å². The standard InChI is InChI=1S/C4H6F4O8S2.C4H8F2O8S2.C4H8F2O6S2.C4H8O8S2.C3H2F4O6S2.C3H6O6S2.C2H4O5S2/c5-1-13-2-14-17(9,10)3-18(11,12)16-4(6,7)15-8;5-1-11-2-13-15(7,8)4-16(9,10)14-3-12-6;5-1-2-11-13(7,8)4-14(9,10)12-3-6;5-13(6)4-14(7,8)12-3-10-1-9-2-11-13;4-2(5)3(6,7)13-15(10,11)1-14(8,9)12-2;1-3-10(4,5)8-2-9-11(3,6)7;3-8(4)1-7-9(5,6)2-8/h1-3H2;1-4H2;2*1-4H2;1H2;3H,2H2,1H3;1-2H2. The predicted molar refractivity (Wildman–Crippen MR) is 269 cm³/mol. The molecule has 0 bridgehead atoms. The third-order valence-electron chi connectivity index (χ3n) is 6.93. The maximum Gasteiger partial charge on any atom is 0.531 e. The SMILES string of the molecule is CC1S(=O)(=O)OCOS1(=O)=O.O=S(=O)(CS(=O)(=O)OC(F)(F)OF)OCOCF.O=S(=O)(CS(=O)(=O)OCCF)OCF.O=S(=O)(CS(=O)(=O)OCOCF)OCOF.O=S1(=O)COS(=O)(=O)C1.O=S1(=O)CS(=O)(=O)OC(F)(F)C(F)(F)O1.O=S1(=O)CS(=O)(=O)OCOCOCO1. The zero-order chi connectivity index (χ0) is 76.9. The first-order valence-corrected chi connectivity index (χ1v) is 43.3. The fraction of sp³-hybridized carbons (Fsp3) is 1.00. The number of halogens is 12. The average Bonchev–Trinajstić information content (AvgIpc) is 1.67. The van der Waals surface area contributed by atoms with Crippen molar-refractivity contribution in [2.45, 2.75) is 30.0 Å². The molecule has 588 valence electrons. The third-order valence-corrected chi connectivity index (χ3v) is 30.7. The lowest BCUT2D eigenvalue weighted by Crippen LogP contribution is -2.44. The van der Waals surface area contributed by atoms with E-state index < -0.39 is 276 Å². The van der Waals surface area contributed by atoms with Gasteiger partial charge in [0.2, 0.25) is 43.7 Å². The molecule has 47 nitrogen and oxygen atoms in total. The van der Waals surface area contributed by atoms with Gasteiger partial charge in [0.1, 0.15) is 6.67 Å². The summed E-state index contributed by atoms with van der Waals surface area (Å²) in [6.07, 6.45) is -16.3. The fourth-order valence-corrected chi connectivity index (χ4v) is 21.6. The Kier molecular flexibility index (Phi) is 41.5. The van der Waals surface area contributed by atoms with Gasteiger partial charge in [-0.1, -0.05) is 4.94 Å². The summed E-state index contributed by atoms with van der Waals surface area (Å²) in [4.78, 5) is 4.62. The van der Waals surface area contributed by atoms with Crippen molar-refractivity contribution in [1.29, 1.82) is 0 Å². The van der Waals surface area contributed by atoms with E-state index in [-0.39, 0.29) is 6.79 Å². The molecule has 0 atom stereocenters. The molecular weight excluding hydrogens is 1720 g/mol. The highest BCUT2D eigenvalue weighted by atomic mass is 32.3. The summed E-state index contributed by atoms with van der Waals surface area (Å²) in [6, 6.07) is 0. The highest BCUT2D eigenvalue weighted by Crippen LogP contribution is 2.41. The van der Waals surface area contributed by atoms with Gasteiger partial charge in [0, 0.05) is 0 Å². The Labute approximate surface area is 540 Å². The first kappa shape index (κ1) is 98.9. The smallest absolute Gasteiger partial charge is 0.328 e. The average molecular weight is 1760 g/mol. The van der Waals surface area contributed by atoms with Crippen LogP contribution in [-0.2, 0) is 225 Å². The molecule has 73 heteroatoms. The molecule has 4 heterocycles. The Bertz CT molecular complexity index is 3970. The number of hydrogen-bond donors (Lipinski definition) is 0. The summed E-state index contributed by atoms with van der Waals surface area (Å²) < 4.78 is 502. The van der Waals surface area contributed by atoms with Crippen LogP contribution in [0.3, 0.4) is 0 Å². The lowest BCUT2D eigenvalue weighted by Gasteiger charge is -2.19. The van der Waals surface area contributed by atoms with Gasteiger partial charge < -0.3 is 18.9 Å². The van der Waals surface area contributed by atoms with Crippen LogP contribution in [0, 0.1) is 0 Å². The Morgan fingerprint density at radius 3 is 1.09 bits per heavy atom. The number of rotatable bonds is 25. The van der Waals surface area contributed by atoms with Crippen molar-refractivity contribution >= 4 is 141 Å². The Morgan fingerprint density at radius 2 is 0.784 bits per heavy atom. The highest BCUT2D eigenvalue weighted by molar-refractivity contribution is 8.08. The molecule has 0 aromatic carbocycles. The van der Waals surface area contributed by atoms with Gasteiger partial charge in [-0.25, -0.2) is 59.4 Å². The fourth-order valence-electron chi connectivity index (χ4n) is 3.63. The minimum atomic E-state index is -5.57. The first-order chi connectivity index (χ1) is 43.3. The molecule has 0 saturated carbocycles. The van der Waals surface area contributed by atoms with E-state index in [9.17, 15) is 171 Å². The van der Waals surface area contributed by atoms with Gasteiger partial charge in [-0.15, -0.1) is 8.78 Å². The van der Waals surface area contributed by atoms with Crippen LogP contribution in [0.4, 0.5) is 53.0 Å². The van der Waals surface area contributed by atoms with Crippen LogP contribution in [0.1, 0.15) is 6.92 Å². The topological polar surface area (TPSA) is 653 Å². The van der Waals surface area contributed by atoms with Crippen LogP contribution in [-0.4, -0.2) is 259 Å². The molecular formula is C24H42F12O47S14. The second-order valence-electron chi connectivity index (χ2n) is 14.7. The minimum Gasteiger partial charge on any atom is -0.328 e. The van der Waals surface area contributed by atoms with E-state index in [0.717, 1.165) is 6.92 Å². The maximum atomic E-state index is 12.3. The van der Waals surface area contributed by atoms with E-state index in [1.54, 1.807) is 0 Å². The number of hydrogen-bond acceptors (Lipinski definition) is 47. The van der Waals surface area contributed by atoms with Gasteiger partial charge in [-0.05, 0) is 16.0 Å². The molecule has 0 amide bonds. The van der Waals surface area contributed by atoms with Gasteiger partial charge in [0.15, 0.2) is 75.3 Å². The summed E-state index contributed by atoms with van der Waals surface area (Å²) >= 11 is 0. The normalized spacial score (nSPS) is 21.7. The van der Waals surface area contributed by atoms with Gasteiger partial charge >= 0.3 is 18.5 Å². The van der Waals surface area contributed by atoms with E-state index in [4.69, 9.17) is 0 Å². The van der Waals surface area contributed by atoms with Crippen LogP contribution in [0.5, 0.6) is 0 Å². The number of alkyl halides is 10. The second kappa shape index (κ2) is 40.7. The molecule has 0 aromatic heterocycles. The van der Waals surface area contributed by atoms with E-state index in [0.29, 0.717) is 0 Å².